The van der Waals surface area contributed by atoms with E-state index in [0.29, 0.717) is 25.1 Å². The number of nitrogens with zero attached hydrogens (tertiary/aromatic N) is 1. The molecule has 8 heteroatoms. The minimum Gasteiger partial charge on any atom is -0.386 e. The Morgan fingerprint density at radius 2 is 2.05 bits per heavy atom. The molecule has 1 aromatic heterocycles. The molecule has 1 fully saturated rings. The maximum atomic E-state index is 12.5. The Balaban J connectivity index is 2.28. The van der Waals surface area contributed by atoms with Crippen molar-refractivity contribution in [3.8, 4) is 0 Å². The molecule has 0 aliphatic heterocycles. The van der Waals surface area contributed by atoms with E-state index in [1.165, 1.54) is 6.20 Å². The van der Waals surface area contributed by atoms with Gasteiger partial charge in [0, 0.05) is 6.42 Å². The molecule has 5 N–H and O–H groups in total. The smallest absolute Gasteiger partial charge is 0.258 e. The summed E-state index contributed by atoms with van der Waals surface area (Å²) in [5.74, 6) is 0.510. The Morgan fingerprint density at radius 1 is 1.43 bits per heavy atom. The number of sulfonamides is 1. The first-order valence-corrected chi connectivity index (χ1v) is 8.80. The van der Waals surface area contributed by atoms with Gasteiger partial charge in [0.2, 0.25) is 0 Å². The lowest BCUT2D eigenvalue weighted by atomic mass is 9.90. The molecule has 21 heavy (non-hydrogen) atoms. The molecule has 1 heterocycles. The van der Waals surface area contributed by atoms with E-state index < -0.39 is 15.6 Å². The standard InChI is InChI=1S/C13H23N5O2S/c1-2-10-16-9-11(17-10)21(19,20)18-13(12(14)15)7-5-3-4-6-8-13/h9,18H,2-8H2,1H3,(H3,14,15)(H,16,17). The van der Waals surface area contributed by atoms with Gasteiger partial charge in [-0.1, -0.05) is 32.6 Å². The summed E-state index contributed by atoms with van der Waals surface area (Å²) in [6, 6.07) is 0. The zero-order chi connectivity index (χ0) is 15.5. The quantitative estimate of drug-likeness (QED) is 0.371. The first kappa shape index (κ1) is 16.0. The number of aryl methyl sites for hydroxylation is 1. The molecule has 0 spiro atoms. The van der Waals surface area contributed by atoms with Gasteiger partial charge in [0.1, 0.15) is 11.7 Å². The van der Waals surface area contributed by atoms with Crippen molar-refractivity contribution in [2.75, 3.05) is 0 Å². The highest BCUT2D eigenvalue weighted by molar-refractivity contribution is 7.89. The van der Waals surface area contributed by atoms with Crippen LogP contribution in [0.1, 0.15) is 51.3 Å². The van der Waals surface area contributed by atoms with E-state index in [4.69, 9.17) is 11.1 Å². The molecule has 2 rings (SSSR count). The van der Waals surface area contributed by atoms with Gasteiger partial charge in [-0.25, -0.2) is 13.4 Å². The van der Waals surface area contributed by atoms with Crippen LogP contribution in [0.4, 0.5) is 0 Å². The number of aromatic nitrogens is 2. The second kappa shape index (κ2) is 6.15. The maximum absolute atomic E-state index is 12.5. The van der Waals surface area contributed by atoms with Gasteiger partial charge in [0.15, 0.2) is 5.03 Å². The van der Waals surface area contributed by atoms with Gasteiger partial charge in [-0.15, -0.1) is 0 Å². The number of H-pyrrole nitrogens is 1. The number of nitrogens with two attached hydrogens (primary N) is 1. The number of hydrogen-bond acceptors (Lipinski definition) is 4. The van der Waals surface area contributed by atoms with Crippen molar-refractivity contribution in [3.05, 3.63) is 12.0 Å². The van der Waals surface area contributed by atoms with Crippen LogP contribution in [-0.2, 0) is 16.4 Å². The van der Waals surface area contributed by atoms with Crippen LogP contribution in [0.25, 0.3) is 0 Å². The van der Waals surface area contributed by atoms with Gasteiger partial charge in [0.25, 0.3) is 10.0 Å². The molecule has 0 saturated heterocycles. The van der Waals surface area contributed by atoms with Crippen LogP contribution in [0.2, 0.25) is 0 Å². The number of rotatable bonds is 5. The maximum Gasteiger partial charge on any atom is 0.258 e. The molecule has 118 valence electrons. The van der Waals surface area contributed by atoms with Crippen LogP contribution in [0.3, 0.4) is 0 Å². The van der Waals surface area contributed by atoms with Gasteiger partial charge in [-0.2, -0.15) is 4.72 Å². The average molecular weight is 313 g/mol. The highest BCUT2D eigenvalue weighted by atomic mass is 32.2. The molecule has 1 saturated carbocycles. The van der Waals surface area contributed by atoms with Gasteiger partial charge in [-0.3, -0.25) is 5.41 Å². The SMILES string of the molecule is CCc1ncc(S(=O)(=O)NC2(C(=N)N)CCCCCC2)[nH]1. The van der Waals surface area contributed by atoms with E-state index in [1.807, 2.05) is 6.92 Å². The summed E-state index contributed by atoms with van der Waals surface area (Å²) in [7, 11) is -3.76. The lowest BCUT2D eigenvalue weighted by molar-refractivity contribution is 0.433. The summed E-state index contributed by atoms with van der Waals surface area (Å²) in [4.78, 5) is 6.81. The first-order valence-electron chi connectivity index (χ1n) is 7.32. The Morgan fingerprint density at radius 3 is 2.52 bits per heavy atom. The molecule has 0 bridgehead atoms. The summed E-state index contributed by atoms with van der Waals surface area (Å²) in [6.07, 6.45) is 6.89. The largest absolute Gasteiger partial charge is 0.386 e. The van der Waals surface area contributed by atoms with Gasteiger partial charge in [-0.05, 0) is 12.8 Å². The topological polar surface area (TPSA) is 125 Å². The fraction of sp³-hybridized carbons (Fsp3) is 0.692. The average Bonchev–Trinajstić information content (AvgIpc) is 2.80. The number of hydrogen-bond donors (Lipinski definition) is 4. The number of imidazole rings is 1. The molecule has 0 unspecified atom stereocenters. The molecule has 0 atom stereocenters. The zero-order valence-electron chi connectivity index (χ0n) is 12.3. The fourth-order valence-corrected chi connectivity index (χ4v) is 4.11. The van der Waals surface area contributed by atoms with Gasteiger partial charge < -0.3 is 10.7 Å². The zero-order valence-corrected chi connectivity index (χ0v) is 13.1. The summed E-state index contributed by atoms with van der Waals surface area (Å²) >= 11 is 0. The highest BCUT2D eigenvalue weighted by Gasteiger charge is 2.39. The van der Waals surface area contributed by atoms with E-state index in [-0.39, 0.29) is 10.9 Å². The molecular formula is C13H23N5O2S. The van der Waals surface area contributed by atoms with Crippen LogP contribution in [-0.4, -0.2) is 29.8 Å². The predicted octanol–water partition coefficient (Wildman–Crippen LogP) is 1.28. The van der Waals surface area contributed by atoms with Gasteiger partial charge >= 0.3 is 0 Å². The molecule has 1 aliphatic rings. The minimum atomic E-state index is -3.76. The molecular weight excluding hydrogens is 290 g/mol. The number of amidine groups is 1. The third-order valence-corrected chi connectivity index (χ3v) is 5.48. The Kier molecular flexibility index (Phi) is 4.67. The first-order chi connectivity index (χ1) is 9.89. The molecule has 0 amide bonds. The number of aromatic amines is 1. The van der Waals surface area contributed by atoms with Crippen molar-refractivity contribution in [2.45, 2.75) is 62.4 Å². The van der Waals surface area contributed by atoms with Gasteiger partial charge in [0.05, 0.1) is 11.7 Å². The third-order valence-electron chi connectivity index (χ3n) is 4.03. The van der Waals surface area contributed by atoms with Crippen molar-refractivity contribution in [2.24, 2.45) is 5.73 Å². The van der Waals surface area contributed by atoms with Crippen LogP contribution < -0.4 is 10.5 Å². The van der Waals surface area contributed by atoms with Crippen LogP contribution >= 0.6 is 0 Å². The normalized spacial score (nSPS) is 19.1. The number of nitrogens with one attached hydrogen (secondary N) is 3. The van der Waals surface area contributed by atoms with E-state index >= 15 is 0 Å². The highest BCUT2D eigenvalue weighted by Crippen LogP contribution is 2.28. The van der Waals surface area contributed by atoms with E-state index in [9.17, 15) is 8.42 Å². The Bertz CT molecular complexity index is 600. The van der Waals surface area contributed by atoms with Crippen molar-refractivity contribution in [3.63, 3.8) is 0 Å². The lowest BCUT2D eigenvalue weighted by Crippen LogP contribution is -2.56. The van der Waals surface area contributed by atoms with Crippen LogP contribution in [0.15, 0.2) is 11.2 Å². The molecule has 0 aromatic carbocycles. The van der Waals surface area contributed by atoms with Crippen LogP contribution in [0, 0.1) is 5.41 Å². The second-order valence-electron chi connectivity index (χ2n) is 5.56. The molecule has 0 radical (unpaired) electrons. The van der Waals surface area contributed by atoms with E-state index in [0.717, 1.165) is 25.7 Å². The monoisotopic (exact) mass is 313 g/mol. The molecule has 7 nitrogen and oxygen atoms in total. The second-order valence-corrected chi connectivity index (χ2v) is 7.21. The molecule has 1 aromatic rings. The van der Waals surface area contributed by atoms with Crippen molar-refractivity contribution >= 4 is 15.9 Å². The molecule has 1 aliphatic carbocycles. The van der Waals surface area contributed by atoms with E-state index in [1.54, 1.807) is 0 Å². The fourth-order valence-electron chi connectivity index (χ4n) is 2.73. The summed E-state index contributed by atoms with van der Waals surface area (Å²) in [6.45, 7) is 1.89. The van der Waals surface area contributed by atoms with Crippen molar-refractivity contribution < 1.29 is 8.42 Å². The summed E-state index contributed by atoms with van der Waals surface area (Å²) in [5, 5.41) is 7.87. The summed E-state index contributed by atoms with van der Waals surface area (Å²) < 4.78 is 27.7. The predicted molar refractivity (Wildman–Crippen MR) is 80.6 cm³/mol. The van der Waals surface area contributed by atoms with E-state index in [2.05, 4.69) is 14.7 Å². The van der Waals surface area contributed by atoms with Crippen molar-refractivity contribution in [1.82, 2.24) is 14.7 Å². The Hall–Kier alpha value is -1.41. The third kappa shape index (κ3) is 3.44. The lowest BCUT2D eigenvalue weighted by Gasteiger charge is -2.31. The summed E-state index contributed by atoms with van der Waals surface area (Å²) in [5.41, 5.74) is 4.75. The van der Waals surface area contributed by atoms with Crippen molar-refractivity contribution in [1.29, 1.82) is 5.41 Å². The van der Waals surface area contributed by atoms with Crippen LogP contribution in [0.5, 0.6) is 0 Å². The Labute approximate surface area is 125 Å². The minimum absolute atomic E-state index is 0.0317.